The lowest BCUT2D eigenvalue weighted by Gasteiger charge is -2.25. The maximum absolute atomic E-state index is 12.5. The van der Waals surface area contributed by atoms with E-state index in [-0.39, 0.29) is 5.91 Å². The maximum atomic E-state index is 12.5. The van der Waals surface area contributed by atoms with Crippen LogP contribution in [-0.2, 0) is 12.8 Å². The Hall–Kier alpha value is -4.69. The molecule has 0 unspecified atom stereocenters. The summed E-state index contributed by atoms with van der Waals surface area (Å²) < 4.78 is 1.88. The average Bonchev–Trinajstić information content (AvgIpc) is 3.38. The van der Waals surface area contributed by atoms with Crippen molar-refractivity contribution < 1.29 is 4.79 Å². The van der Waals surface area contributed by atoms with Crippen molar-refractivity contribution in [3.05, 3.63) is 132 Å². The lowest BCUT2D eigenvalue weighted by molar-refractivity contribution is 0.0955. The molecule has 1 N–H and O–H groups in total. The van der Waals surface area contributed by atoms with Crippen LogP contribution in [0.5, 0.6) is 0 Å². The van der Waals surface area contributed by atoms with Gasteiger partial charge in [0.1, 0.15) is 6.33 Å². The van der Waals surface area contributed by atoms with Crippen LogP contribution in [-0.4, -0.2) is 26.9 Å². The van der Waals surface area contributed by atoms with E-state index < -0.39 is 0 Å². The van der Waals surface area contributed by atoms with E-state index in [0.29, 0.717) is 5.56 Å². The Balaban J connectivity index is 1.20. The lowest BCUT2D eigenvalue weighted by Crippen LogP contribution is -2.17. The summed E-state index contributed by atoms with van der Waals surface area (Å²) in [7, 11) is 1.91. The van der Waals surface area contributed by atoms with Crippen LogP contribution < -0.4 is 10.3 Å². The van der Waals surface area contributed by atoms with E-state index in [9.17, 15) is 4.79 Å². The number of rotatable bonds is 9. The number of hydrogen-bond donors (Lipinski definition) is 1. The van der Waals surface area contributed by atoms with Crippen LogP contribution >= 0.6 is 11.8 Å². The van der Waals surface area contributed by atoms with Crippen LogP contribution in [0, 0.1) is 0 Å². The monoisotopic (exact) mass is 518 g/mol. The second-order valence-corrected chi connectivity index (χ2v) is 9.45. The zero-order valence-corrected chi connectivity index (χ0v) is 21.6. The zero-order valence-electron chi connectivity index (χ0n) is 20.8. The molecular weight excluding hydrogens is 492 g/mol. The van der Waals surface area contributed by atoms with Crippen molar-refractivity contribution in [1.82, 2.24) is 20.2 Å². The van der Waals surface area contributed by atoms with Gasteiger partial charge in [0.2, 0.25) is 0 Å². The molecule has 38 heavy (non-hydrogen) atoms. The number of thioether (sulfide) groups is 1. The first-order chi connectivity index (χ1) is 18.7. The average molecular weight is 519 g/mol. The van der Waals surface area contributed by atoms with Crippen LogP contribution in [0.15, 0.2) is 126 Å². The van der Waals surface area contributed by atoms with Gasteiger partial charge in [-0.2, -0.15) is 5.10 Å². The third-order valence-electron chi connectivity index (χ3n) is 5.81. The number of hydrogen-bond acceptors (Lipinski definition) is 6. The molecule has 0 bridgehead atoms. The molecule has 0 aliphatic rings. The maximum Gasteiger partial charge on any atom is 0.271 e. The minimum atomic E-state index is -0.260. The summed E-state index contributed by atoms with van der Waals surface area (Å²) in [5.41, 5.74) is 8.31. The highest BCUT2D eigenvalue weighted by Gasteiger charge is 2.11. The fourth-order valence-electron chi connectivity index (χ4n) is 3.84. The Kier molecular flexibility index (Phi) is 7.91. The number of benzene rings is 4. The van der Waals surface area contributed by atoms with E-state index >= 15 is 0 Å². The quantitative estimate of drug-likeness (QED) is 0.140. The normalized spacial score (nSPS) is 11.0. The van der Waals surface area contributed by atoms with Crippen molar-refractivity contribution in [3.8, 4) is 0 Å². The van der Waals surface area contributed by atoms with Gasteiger partial charge < -0.3 is 9.47 Å². The van der Waals surface area contributed by atoms with E-state index in [1.54, 1.807) is 36.4 Å². The van der Waals surface area contributed by atoms with Crippen LogP contribution in [0.4, 0.5) is 17.1 Å². The smallest absolute Gasteiger partial charge is 0.271 e. The molecule has 0 aliphatic carbocycles. The predicted molar refractivity (Wildman–Crippen MR) is 153 cm³/mol. The molecule has 188 valence electrons. The highest BCUT2D eigenvalue weighted by atomic mass is 32.2. The predicted octanol–water partition coefficient (Wildman–Crippen LogP) is 6.34. The van der Waals surface area contributed by atoms with Gasteiger partial charge in [-0.3, -0.25) is 4.79 Å². The fraction of sp³-hybridized carbons (Fsp3) is 0.0667. The van der Waals surface area contributed by atoms with Crippen LogP contribution in [0.25, 0.3) is 0 Å². The molecule has 1 heterocycles. The number of carbonyl (C=O) groups excluding carboxylic acids is 1. The minimum Gasteiger partial charge on any atom is -0.312 e. The van der Waals surface area contributed by atoms with Gasteiger partial charge in [-0.05, 0) is 59.7 Å². The van der Waals surface area contributed by atoms with Crippen molar-refractivity contribution in [1.29, 1.82) is 0 Å². The van der Waals surface area contributed by atoms with Crippen molar-refractivity contribution in [2.45, 2.75) is 10.9 Å². The number of nitrogens with one attached hydrogen (secondary N) is 1. The van der Waals surface area contributed by atoms with Gasteiger partial charge in [-0.15, -0.1) is 10.2 Å². The molecule has 5 rings (SSSR count). The van der Waals surface area contributed by atoms with E-state index in [0.717, 1.165) is 39.1 Å². The van der Waals surface area contributed by atoms with Gasteiger partial charge in [-0.1, -0.05) is 72.4 Å². The van der Waals surface area contributed by atoms with Gasteiger partial charge in [-0.25, -0.2) is 5.43 Å². The van der Waals surface area contributed by atoms with Crippen LogP contribution in [0.1, 0.15) is 21.5 Å². The Morgan fingerprint density at radius 3 is 2.05 bits per heavy atom. The molecule has 8 heteroatoms. The number of carbonyl (C=O) groups is 1. The first-order valence-electron chi connectivity index (χ1n) is 12.1. The molecule has 0 saturated heterocycles. The molecule has 0 aliphatic heterocycles. The minimum absolute atomic E-state index is 0.260. The summed E-state index contributed by atoms with van der Waals surface area (Å²) in [4.78, 5) is 14.7. The molecule has 0 fully saturated rings. The van der Waals surface area contributed by atoms with Gasteiger partial charge in [0.15, 0.2) is 5.16 Å². The number of para-hydroxylation sites is 2. The third kappa shape index (κ3) is 6.16. The topological polar surface area (TPSA) is 75.4 Å². The first kappa shape index (κ1) is 25.0. The third-order valence-corrected chi connectivity index (χ3v) is 6.92. The largest absolute Gasteiger partial charge is 0.312 e. The Bertz CT molecular complexity index is 1460. The van der Waals surface area contributed by atoms with Crippen LogP contribution in [0.2, 0.25) is 0 Å². The summed E-state index contributed by atoms with van der Waals surface area (Å²) in [5.74, 6) is 0.485. The summed E-state index contributed by atoms with van der Waals surface area (Å²) in [6.07, 6.45) is 3.32. The van der Waals surface area contributed by atoms with Gasteiger partial charge in [0.25, 0.3) is 5.91 Å². The molecule has 0 radical (unpaired) electrons. The molecule has 0 atom stereocenters. The Morgan fingerprint density at radius 2 is 1.47 bits per heavy atom. The summed E-state index contributed by atoms with van der Waals surface area (Å²) in [6, 6.07) is 36.0. The molecule has 1 amide bonds. The number of hydrazone groups is 1. The highest BCUT2D eigenvalue weighted by Crippen LogP contribution is 2.33. The van der Waals surface area contributed by atoms with Crippen molar-refractivity contribution >= 4 is 40.9 Å². The second-order valence-electron chi connectivity index (χ2n) is 8.51. The molecule has 5 aromatic rings. The summed E-state index contributed by atoms with van der Waals surface area (Å²) in [6.45, 7) is 0. The molecular formula is C30H26N6OS. The molecule has 4 aromatic carbocycles. The molecule has 1 aromatic heterocycles. The van der Waals surface area contributed by atoms with Gasteiger partial charge in [0.05, 0.1) is 6.21 Å². The van der Waals surface area contributed by atoms with Crippen molar-refractivity contribution in [2.24, 2.45) is 12.1 Å². The molecule has 7 nitrogen and oxygen atoms in total. The SMILES string of the molecule is Cn1cnnc1SCc1ccc(C(=O)N/N=C/c2ccc(N(c3ccccc3)c3ccccc3)cc2)cc1. The number of anilines is 3. The van der Waals surface area contributed by atoms with Crippen molar-refractivity contribution in [2.75, 3.05) is 4.90 Å². The van der Waals surface area contributed by atoms with E-state index in [4.69, 9.17) is 0 Å². The number of aryl methyl sites for hydroxylation is 1. The number of amides is 1. The van der Waals surface area contributed by atoms with Gasteiger partial charge in [0, 0.05) is 35.4 Å². The summed E-state index contributed by atoms with van der Waals surface area (Å²) in [5, 5.41) is 13.0. The lowest BCUT2D eigenvalue weighted by atomic mass is 10.1. The van der Waals surface area contributed by atoms with Gasteiger partial charge >= 0.3 is 0 Å². The highest BCUT2D eigenvalue weighted by molar-refractivity contribution is 7.98. The van der Waals surface area contributed by atoms with Crippen molar-refractivity contribution in [3.63, 3.8) is 0 Å². The Labute approximate surface area is 225 Å². The Morgan fingerprint density at radius 1 is 0.868 bits per heavy atom. The molecule has 0 spiro atoms. The number of aromatic nitrogens is 3. The van der Waals surface area contributed by atoms with E-state index in [1.165, 1.54) is 0 Å². The zero-order chi connectivity index (χ0) is 26.2. The second kappa shape index (κ2) is 12.0. The summed E-state index contributed by atoms with van der Waals surface area (Å²) >= 11 is 1.59. The standard InChI is InChI=1S/C30H26N6OS/c1-35-22-32-34-30(35)38-21-24-12-16-25(17-13-24)29(37)33-31-20-23-14-18-28(19-15-23)36(26-8-4-2-5-9-26)27-10-6-3-7-11-27/h2-20,22H,21H2,1H3,(H,33,37)/b31-20+. The van der Waals surface area contributed by atoms with Crippen LogP contribution in [0.3, 0.4) is 0 Å². The van der Waals surface area contributed by atoms with E-state index in [1.807, 2.05) is 84.4 Å². The first-order valence-corrected chi connectivity index (χ1v) is 13.1. The fourth-order valence-corrected chi connectivity index (χ4v) is 4.69. The number of nitrogens with zero attached hydrogens (tertiary/aromatic N) is 5. The van der Waals surface area contributed by atoms with E-state index in [2.05, 4.69) is 49.9 Å². The molecule has 0 saturated carbocycles.